The molecule has 1 unspecified atom stereocenters. The quantitative estimate of drug-likeness (QED) is 0.643. The van der Waals surface area contributed by atoms with Gasteiger partial charge >= 0.3 is 0 Å². The Bertz CT molecular complexity index is 142. The maximum atomic E-state index is 5.98. The molecule has 0 rings (SSSR count). The average molecular weight is 169 g/mol. The van der Waals surface area contributed by atoms with Crippen molar-refractivity contribution in [2.45, 2.75) is 53.0 Å². The minimum absolute atomic E-state index is 0.289. The molecule has 2 N–H and O–H groups in total. The van der Waals surface area contributed by atoms with E-state index < -0.39 is 0 Å². The predicted molar refractivity (Wildman–Crippen MR) is 56.1 cm³/mol. The first-order valence-corrected chi connectivity index (χ1v) is 4.77. The maximum absolute atomic E-state index is 5.98. The Morgan fingerprint density at radius 3 is 2.25 bits per heavy atom. The second kappa shape index (κ2) is 4.66. The molecular formula is C11H23N. The molecule has 0 saturated carbocycles. The molecule has 0 aliphatic rings. The fraction of sp³-hybridized carbons (Fsp3) is 0.818. The van der Waals surface area contributed by atoms with Crippen molar-refractivity contribution in [3.8, 4) is 0 Å². The van der Waals surface area contributed by atoms with Crippen LogP contribution >= 0.6 is 0 Å². The molecule has 0 amide bonds. The zero-order chi connectivity index (χ0) is 9.78. The summed E-state index contributed by atoms with van der Waals surface area (Å²) in [5.74, 6) is 0. The number of hydrogen-bond donors (Lipinski definition) is 1. The predicted octanol–water partition coefficient (Wildman–Crippen LogP) is 3.11. The molecule has 1 heteroatoms. The smallest absolute Gasteiger partial charge is 0.00809 e. The van der Waals surface area contributed by atoms with Crippen LogP contribution in [0.25, 0.3) is 0 Å². The van der Waals surface area contributed by atoms with Crippen molar-refractivity contribution >= 4 is 0 Å². The highest BCUT2D eigenvalue weighted by atomic mass is 14.6. The van der Waals surface area contributed by atoms with Crippen LogP contribution in [0, 0.1) is 5.41 Å². The van der Waals surface area contributed by atoms with Crippen molar-refractivity contribution in [3.63, 3.8) is 0 Å². The standard InChI is InChI=1S/C11H23N/c1-6-9(2)7-10(12)8-11(3,4)5/h10H,2,6-8,12H2,1,3-5H3. The molecule has 72 valence electrons. The lowest BCUT2D eigenvalue weighted by Gasteiger charge is -2.23. The van der Waals surface area contributed by atoms with Gasteiger partial charge in [0.15, 0.2) is 0 Å². The molecule has 0 aliphatic heterocycles. The molecular weight excluding hydrogens is 146 g/mol. The fourth-order valence-corrected chi connectivity index (χ4v) is 1.37. The molecule has 1 atom stereocenters. The lowest BCUT2D eigenvalue weighted by molar-refractivity contribution is 0.337. The van der Waals surface area contributed by atoms with E-state index in [0.29, 0.717) is 5.41 Å². The Kier molecular flexibility index (Phi) is 4.54. The summed E-state index contributed by atoms with van der Waals surface area (Å²) in [4.78, 5) is 0. The molecule has 0 fully saturated rings. The van der Waals surface area contributed by atoms with E-state index in [-0.39, 0.29) is 6.04 Å². The van der Waals surface area contributed by atoms with Crippen LogP contribution in [0.1, 0.15) is 47.0 Å². The minimum Gasteiger partial charge on any atom is -0.327 e. The van der Waals surface area contributed by atoms with Crippen LogP contribution in [0.5, 0.6) is 0 Å². The third-order valence-electron chi connectivity index (χ3n) is 1.93. The van der Waals surface area contributed by atoms with Gasteiger partial charge in [-0.2, -0.15) is 0 Å². The topological polar surface area (TPSA) is 26.0 Å². The van der Waals surface area contributed by atoms with E-state index in [0.717, 1.165) is 19.3 Å². The summed E-state index contributed by atoms with van der Waals surface area (Å²) in [7, 11) is 0. The summed E-state index contributed by atoms with van der Waals surface area (Å²) in [6, 6.07) is 0.289. The molecule has 0 aromatic rings. The zero-order valence-corrected chi connectivity index (χ0v) is 8.98. The molecule has 12 heavy (non-hydrogen) atoms. The Hall–Kier alpha value is -0.300. The summed E-state index contributed by atoms with van der Waals surface area (Å²) in [6.07, 6.45) is 3.11. The van der Waals surface area contributed by atoms with Gasteiger partial charge in [-0.15, -0.1) is 0 Å². The average Bonchev–Trinajstić information content (AvgIpc) is 1.82. The second-order valence-electron chi connectivity index (χ2n) is 4.83. The summed E-state index contributed by atoms with van der Waals surface area (Å²) in [6.45, 7) is 12.8. The lowest BCUT2D eigenvalue weighted by atomic mass is 9.86. The van der Waals surface area contributed by atoms with Crippen LogP contribution in [-0.4, -0.2) is 6.04 Å². The Morgan fingerprint density at radius 2 is 1.92 bits per heavy atom. The molecule has 0 radical (unpaired) electrons. The minimum atomic E-state index is 0.289. The highest BCUT2D eigenvalue weighted by Crippen LogP contribution is 2.22. The van der Waals surface area contributed by atoms with Crippen molar-refractivity contribution in [2.24, 2.45) is 11.1 Å². The van der Waals surface area contributed by atoms with Crippen LogP contribution < -0.4 is 5.73 Å². The van der Waals surface area contributed by atoms with Crippen LogP contribution in [0.4, 0.5) is 0 Å². The van der Waals surface area contributed by atoms with Crippen LogP contribution in [0.3, 0.4) is 0 Å². The second-order valence-corrected chi connectivity index (χ2v) is 4.83. The van der Waals surface area contributed by atoms with Gasteiger partial charge in [0.1, 0.15) is 0 Å². The fourth-order valence-electron chi connectivity index (χ4n) is 1.37. The Morgan fingerprint density at radius 1 is 1.42 bits per heavy atom. The molecule has 0 aliphatic carbocycles. The Labute approximate surface area is 77.0 Å². The van der Waals surface area contributed by atoms with E-state index in [1.54, 1.807) is 0 Å². The van der Waals surface area contributed by atoms with Gasteiger partial charge in [0.25, 0.3) is 0 Å². The summed E-state index contributed by atoms with van der Waals surface area (Å²) in [5, 5.41) is 0. The first-order chi connectivity index (χ1) is 5.35. The molecule has 0 heterocycles. The van der Waals surface area contributed by atoms with Crippen molar-refractivity contribution in [2.75, 3.05) is 0 Å². The molecule has 1 nitrogen and oxygen atoms in total. The van der Waals surface area contributed by atoms with Gasteiger partial charge in [0.05, 0.1) is 0 Å². The van der Waals surface area contributed by atoms with E-state index >= 15 is 0 Å². The van der Waals surface area contributed by atoms with Gasteiger partial charge in [-0.05, 0) is 24.7 Å². The maximum Gasteiger partial charge on any atom is 0.00809 e. The van der Waals surface area contributed by atoms with Gasteiger partial charge in [-0.3, -0.25) is 0 Å². The third kappa shape index (κ3) is 6.41. The van der Waals surface area contributed by atoms with Gasteiger partial charge in [0.2, 0.25) is 0 Å². The molecule has 0 bridgehead atoms. The highest BCUT2D eigenvalue weighted by molar-refractivity contribution is 4.96. The van der Waals surface area contributed by atoms with E-state index in [2.05, 4.69) is 34.3 Å². The Balaban J connectivity index is 3.74. The van der Waals surface area contributed by atoms with E-state index in [1.807, 2.05) is 0 Å². The van der Waals surface area contributed by atoms with Crippen molar-refractivity contribution in [1.29, 1.82) is 0 Å². The van der Waals surface area contributed by atoms with Crippen molar-refractivity contribution in [3.05, 3.63) is 12.2 Å². The van der Waals surface area contributed by atoms with E-state index in [1.165, 1.54) is 5.57 Å². The van der Waals surface area contributed by atoms with Crippen molar-refractivity contribution < 1.29 is 0 Å². The summed E-state index contributed by atoms with van der Waals surface area (Å²) in [5.41, 5.74) is 7.59. The highest BCUT2D eigenvalue weighted by Gasteiger charge is 2.15. The number of rotatable bonds is 4. The first-order valence-electron chi connectivity index (χ1n) is 4.77. The number of hydrogen-bond acceptors (Lipinski definition) is 1. The monoisotopic (exact) mass is 169 g/mol. The lowest BCUT2D eigenvalue weighted by Crippen LogP contribution is -2.26. The van der Waals surface area contributed by atoms with Crippen LogP contribution in [-0.2, 0) is 0 Å². The molecule has 0 aromatic heterocycles. The van der Waals surface area contributed by atoms with Gasteiger partial charge < -0.3 is 5.73 Å². The SMILES string of the molecule is C=C(CC)CC(N)CC(C)(C)C. The van der Waals surface area contributed by atoms with Gasteiger partial charge in [-0.1, -0.05) is 39.8 Å². The van der Waals surface area contributed by atoms with E-state index in [9.17, 15) is 0 Å². The van der Waals surface area contributed by atoms with Crippen LogP contribution in [0.15, 0.2) is 12.2 Å². The molecule has 0 aromatic carbocycles. The first kappa shape index (κ1) is 11.7. The third-order valence-corrected chi connectivity index (χ3v) is 1.93. The normalized spacial score (nSPS) is 14.4. The number of nitrogens with two attached hydrogens (primary N) is 1. The van der Waals surface area contributed by atoms with E-state index in [4.69, 9.17) is 5.73 Å². The van der Waals surface area contributed by atoms with Crippen LogP contribution in [0.2, 0.25) is 0 Å². The van der Waals surface area contributed by atoms with Crippen molar-refractivity contribution in [1.82, 2.24) is 0 Å². The molecule has 0 spiro atoms. The largest absolute Gasteiger partial charge is 0.327 e. The zero-order valence-electron chi connectivity index (χ0n) is 8.98. The van der Waals surface area contributed by atoms with Gasteiger partial charge in [-0.25, -0.2) is 0 Å². The summed E-state index contributed by atoms with van der Waals surface area (Å²) >= 11 is 0. The molecule has 0 saturated heterocycles. The summed E-state index contributed by atoms with van der Waals surface area (Å²) < 4.78 is 0. The van der Waals surface area contributed by atoms with Gasteiger partial charge in [0, 0.05) is 6.04 Å².